The monoisotopic (exact) mass is 293 g/mol. The van der Waals surface area contributed by atoms with Gasteiger partial charge in [0.2, 0.25) is 10.0 Å². The van der Waals surface area contributed by atoms with Crippen molar-refractivity contribution in [3.8, 4) is 11.8 Å². The van der Waals surface area contributed by atoms with E-state index in [1.54, 1.807) is 18.2 Å². The lowest BCUT2D eigenvalue weighted by atomic mass is 10.1. The highest BCUT2D eigenvalue weighted by molar-refractivity contribution is 7.89. The van der Waals surface area contributed by atoms with Gasteiger partial charge in [-0.25, -0.2) is 13.1 Å². The van der Waals surface area contributed by atoms with Crippen molar-refractivity contribution >= 4 is 10.0 Å². The largest absolute Gasteiger partial charge is 0.384 e. The second kappa shape index (κ2) is 6.40. The second-order valence-corrected chi connectivity index (χ2v) is 6.84. The van der Waals surface area contributed by atoms with E-state index in [0.29, 0.717) is 11.5 Å². The number of hydrogen-bond acceptors (Lipinski definition) is 3. The Morgan fingerprint density at radius 3 is 2.85 bits per heavy atom. The van der Waals surface area contributed by atoms with Crippen LogP contribution in [-0.2, 0) is 10.0 Å². The molecular weight excluding hydrogens is 274 g/mol. The molecule has 1 aromatic carbocycles. The fourth-order valence-corrected chi connectivity index (χ4v) is 3.90. The van der Waals surface area contributed by atoms with Gasteiger partial charge in [0.15, 0.2) is 0 Å². The van der Waals surface area contributed by atoms with E-state index in [9.17, 15) is 8.42 Å². The Morgan fingerprint density at radius 2 is 2.20 bits per heavy atom. The lowest BCUT2D eigenvalue weighted by Gasteiger charge is -2.17. The van der Waals surface area contributed by atoms with E-state index in [1.807, 2.05) is 0 Å². The topological polar surface area (TPSA) is 66.4 Å². The van der Waals surface area contributed by atoms with Crippen LogP contribution in [0.15, 0.2) is 29.2 Å². The smallest absolute Gasteiger partial charge is 0.240 e. The van der Waals surface area contributed by atoms with Gasteiger partial charge in [-0.15, -0.1) is 0 Å². The van der Waals surface area contributed by atoms with Crippen LogP contribution in [0, 0.1) is 17.8 Å². The van der Waals surface area contributed by atoms with Crippen LogP contribution in [0.2, 0.25) is 0 Å². The van der Waals surface area contributed by atoms with E-state index in [2.05, 4.69) is 23.5 Å². The molecule has 0 heterocycles. The predicted octanol–water partition coefficient (Wildman–Crippen LogP) is 1.50. The molecule has 0 amide bonds. The molecule has 0 radical (unpaired) electrons. The molecule has 1 aliphatic carbocycles. The van der Waals surface area contributed by atoms with Crippen molar-refractivity contribution < 1.29 is 13.5 Å². The molecule has 5 heteroatoms. The van der Waals surface area contributed by atoms with E-state index in [1.165, 1.54) is 6.07 Å². The molecule has 0 aliphatic heterocycles. The number of rotatable bonds is 3. The van der Waals surface area contributed by atoms with E-state index in [0.717, 1.165) is 19.3 Å². The third-order valence-electron chi connectivity index (χ3n) is 3.62. The van der Waals surface area contributed by atoms with Crippen molar-refractivity contribution in [2.24, 2.45) is 5.92 Å². The summed E-state index contributed by atoms with van der Waals surface area (Å²) in [5, 5.41) is 8.67. The van der Waals surface area contributed by atoms with Gasteiger partial charge in [-0.2, -0.15) is 0 Å². The average Bonchev–Trinajstić information content (AvgIpc) is 2.82. The maximum absolute atomic E-state index is 12.4. The molecule has 2 N–H and O–H groups in total. The Hall–Kier alpha value is -1.35. The molecule has 1 aliphatic rings. The van der Waals surface area contributed by atoms with Crippen LogP contribution >= 0.6 is 0 Å². The van der Waals surface area contributed by atoms with Crippen molar-refractivity contribution in [2.45, 2.75) is 37.1 Å². The highest BCUT2D eigenvalue weighted by Gasteiger charge is 2.28. The van der Waals surface area contributed by atoms with Crippen molar-refractivity contribution in [3.05, 3.63) is 29.8 Å². The normalized spacial score (nSPS) is 22.3. The molecule has 0 saturated heterocycles. The summed E-state index contributed by atoms with van der Waals surface area (Å²) in [6, 6.07) is 6.50. The summed E-state index contributed by atoms with van der Waals surface area (Å²) in [4.78, 5) is 0.223. The van der Waals surface area contributed by atoms with Crippen molar-refractivity contribution in [1.29, 1.82) is 0 Å². The number of aliphatic hydroxyl groups is 1. The zero-order valence-corrected chi connectivity index (χ0v) is 12.3. The first-order valence-electron chi connectivity index (χ1n) is 6.75. The highest BCUT2D eigenvalue weighted by atomic mass is 32.2. The summed E-state index contributed by atoms with van der Waals surface area (Å²) in [6.45, 7) is 1.83. The van der Waals surface area contributed by atoms with Gasteiger partial charge < -0.3 is 5.11 Å². The zero-order chi connectivity index (χ0) is 14.6. The Balaban J connectivity index is 2.20. The Morgan fingerprint density at radius 1 is 1.40 bits per heavy atom. The fourth-order valence-electron chi connectivity index (χ4n) is 2.47. The SMILES string of the molecule is CC1CCCC1NS(=O)(=O)c1cccc(C#CCO)c1. The summed E-state index contributed by atoms with van der Waals surface area (Å²) >= 11 is 0. The molecule has 1 aromatic rings. The second-order valence-electron chi connectivity index (χ2n) is 5.12. The van der Waals surface area contributed by atoms with Crippen molar-refractivity contribution in [3.63, 3.8) is 0 Å². The minimum absolute atomic E-state index is 0.0205. The summed E-state index contributed by atoms with van der Waals surface area (Å²) in [7, 11) is -3.50. The minimum Gasteiger partial charge on any atom is -0.384 e. The summed E-state index contributed by atoms with van der Waals surface area (Å²) in [5.41, 5.74) is 0.585. The Labute approximate surface area is 120 Å². The van der Waals surface area contributed by atoms with Gasteiger partial charge in [0.05, 0.1) is 4.90 Å². The molecule has 2 unspecified atom stereocenters. The average molecular weight is 293 g/mol. The summed E-state index contributed by atoms with van der Waals surface area (Å²) in [6.07, 6.45) is 3.02. The van der Waals surface area contributed by atoms with Crippen LogP contribution in [-0.4, -0.2) is 26.2 Å². The van der Waals surface area contributed by atoms with E-state index >= 15 is 0 Å². The van der Waals surface area contributed by atoms with Crippen LogP contribution in [0.4, 0.5) is 0 Å². The molecule has 4 nitrogen and oxygen atoms in total. The van der Waals surface area contributed by atoms with Crippen LogP contribution < -0.4 is 4.72 Å². The third-order valence-corrected chi connectivity index (χ3v) is 5.11. The Bertz CT molecular complexity index is 628. The van der Waals surface area contributed by atoms with Gasteiger partial charge in [-0.3, -0.25) is 0 Å². The Kier molecular flexibility index (Phi) is 4.81. The number of sulfonamides is 1. The van der Waals surface area contributed by atoms with Crippen LogP contribution in [0.5, 0.6) is 0 Å². The van der Waals surface area contributed by atoms with Crippen LogP contribution in [0.1, 0.15) is 31.7 Å². The molecular formula is C15H19NO3S. The van der Waals surface area contributed by atoms with Gasteiger partial charge in [-0.1, -0.05) is 31.3 Å². The first-order valence-corrected chi connectivity index (χ1v) is 8.23. The number of benzene rings is 1. The van der Waals surface area contributed by atoms with Crippen molar-refractivity contribution in [2.75, 3.05) is 6.61 Å². The summed E-state index contributed by atoms with van der Waals surface area (Å²) < 4.78 is 27.5. The molecule has 1 saturated carbocycles. The van der Waals surface area contributed by atoms with E-state index < -0.39 is 10.0 Å². The van der Waals surface area contributed by atoms with E-state index in [-0.39, 0.29) is 17.5 Å². The molecule has 20 heavy (non-hydrogen) atoms. The van der Waals surface area contributed by atoms with Gasteiger partial charge >= 0.3 is 0 Å². The highest BCUT2D eigenvalue weighted by Crippen LogP contribution is 2.26. The summed E-state index contributed by atoms with van der Waals surface area (Å²) in [5.74, 6) is 5.61. The quantitative estimate of drug-likeness (QED) is 0.830. The van der Waals surface area contributed by atoms with Crippen molar-refractivity contribution in [1.82, 2.24) is 4.72 Å². The maximum atomic E-state index is 12.4. The molecule has 0 spiro atoms. The first-order chi connectivity index (χ1) is 9.53. The van der Waals surface area contributed by atoms with Gasteiger partial charge in [0.25, 0.3) is 0 Å². The van der Waals surface area contributed by atoms with Gasteiger partial charge in [0.1, 0.15) is 6.61 Å². The first kappa shape index (κ1) is 15.0. The van der Waals surface area contributed by atoms with Crippen LogP contribution in [0.3, 0.4) is 0 Å². The lowest BCUT2D eigenvalue weighted by molar-refractivity contribution is 0.350. The number of nitrogens with one attached hydrogen (secondary N) is 1. The minimum atomic E-state index is -3.50. The molecule has 2 atom stereocenters. The maximum Gasteiger partial charge on any atom is 0.240 e. The van der Waals surface area contributed by atoms with E-state index in [4.69, 9.17) is 5.11 Å². The lowest BCUT2D eigenvalue weighted by Crippen LogP contribution is -2.36. The molecule has 1 fully saturated rings. The van der Waals surface area contributed by atoms with Crippen LogP contribution in [0.25, 0.3) is 0 Å². The number of aliphatic hydroxyl groups excluding tert-OH is 1. The third kappa shape index (κ3) is 3.60. The molecule has 2 rings (SSSR count). The fraction of sp³-hybridized carbons (Fsp3) is 0.467. The number of hydrogen-bond donors (Lipinski definition) is 2. The molecule has 108 valence electrons. The molecule has 0 aromatic heterocycles. The van der Waals surface area contributed by atoms with Gasteiger partial charge in [-0.05, 0) is 37.0 Å². The predicted molar refractivity (Wildman–Crippen MR) is 77.5 cm³/mol. The standard InChI is InChI=1S/C15H19NO3S/c1-12-5-2-9-15(12)16-20(18,19)14-8-3-6-13(11-14)7-4-10-17/h3,6,8,11-12,15-17H,2,5,9-10H2,1H3. The molecule has 0 bridgehead atoms. The zero-order valence-electron chi connectivity index (χ0n) is 11.5. The van der Waals surface area contributed by atoms with Gasteiger partial charge in [0, 0.05) is 11.6 Å².